The first-order chi connectivity index (χ1) is 20.0. The summed E-state index contributed by atoms with van der Waals surface area (Å²) in [7, 11) is 1.66. The molecule has 3 heterocycles. The van der Waals surface area contributed by atoms with E-state index in [2.05, 4.69) is 0 Å². The monoisotopic (exact) mass is 599 g/mol. The first-order valence-corrected chi connectivity index (χ1v) is 15.1. The summed E-state index contributed by atoms with van der Waals surface area (Å²) in [6.45, 7) is 6.58. The molecule has 8 nitrogen and oxygen atoms in total. The van der Waals surface area contributed by atoms with Gasteiger partial charge in [-0.1, -0.05) is 23.7 Å². The van der Waals surface area contributed by atoms with Crippen LogP contribution in [0.5, 0.6) is 5.75 Å². The van der Waals surface area contributed by atoms with Gasteiger partial charge in [-0.15, -0.1) is 0 Å². The maximum Gasteiger partial charge on any atom is 0.415 e. The van der Waals surface area contributed by atoms with E-state index < -0.39 is 11.9 Å². The third-order valence-corrected chi connectivity index (χ3v) is 9.16. The zero-order chi connectivity index (χ0) is 30.0. The number of hydrogen-bond donors (Lipinski definition) is 0. The number of piperidine rings is 1. The Morgan fingerprint density at radius 2 is 1.57 bits per heavy atom. The van der Waals surface area contributed by atoms with Gasteiger partial charge >= 0.3 is 6.09 Å². The lowest BCUT2D eigenvalue weighted by Gasteiger charge is -2.39. The highest BCUT2D eigenvalue weighted by atomic mass is 35.5. The van der Waals surface area contributed by atoms with E-state index in [0.29, 0.717) is 57.1 Å². The summed E-state index contributed by atoms with van der Waals surface area (Å²) in [4.78, 5) is 45.4. The van der Waals surface area contributed by atoms with Crippen molar-refractivity contribution in [1.82, 2.24) is 14.7 Å². The molecule has 42 heavy (non-hydrogen) atoms. The van der Waals surface area contributed by atoms with E-state index in [-0.39, 0.29) is 47.0 Å². The van der Waals surface area contributed by atoms with Crippen molar-refractivity contribution in [1.29, 1.82) is 0 Å². The molecule has 0 aromatic heterocycles. The van der Waals surface area contributed by atoms with Crippen molar-refractivity contribution in [2.75, 3.05) is 39.8 Å². The summed E-state index contributed by atoms with van der Waals surface area (Å²) in [5, 5.41) is 0.607. The predicted octanol–water partition coefficient (Wildman–Crippen LogP) is 5.35. The topological polar surface area (TPSA) is 79.4 Å². The molecule has 0 saturated carbocycles. The van der Waals surface area contributed by atoms with E-state index in [1.807, 2.05) is 47.9 Å². The van der Waals surface area contributed by atoms with Crippen LogP contribution in [0, 0.1) is 17.7 Å². The normalized spacial score (nSPS) is 24.4. The van der Waals surface area contributed by atoms with Crippen molar-refractivity contribution in [3.8, 4) is 5.75 Å². The Bertz CT molecular complexity index is 1280. The maximum atomic E-state index is 13.8. The Morgan fingerprint density at radius 1 is 0.929 bits per heavy atom. The number of carbonyl (C=O) groups is 3. The summed E-state index contributed by atoms with van der Waals surface area (Å²) in [6.07, 6.45) is 2.10. The average Bonchev–Trinajstić information content (AvgIpc) is 3.42. The summed E-state index contributed by atoms with van der Waals surface area (Å²) in [5.41, 5.74) is 0.680. The van der Waals surface area contributed by atoms with Crippen molar-refractivity contribution in [3.05, 3.63) is 64.9 Å². The lowest BCUT2D eigenvalue weighted by molar-refractivity contribution is -0.148. The number of amides is 3. The lowest BCUT2D eigenvalue weighted by Crippen LogP contribution is -2.48. The van der Waals surface area contributed by atoms with Crippen molar-refractivity contribution in [3.63, 3.8) is 0 Å². The van der Waals surface area contributed by atoms with Gasteiger partial charge in [0.05, 0.1) is 11.6 Å². The van der Waals surface area contributed by atoms with Gasteiger partial charge in [-0.05, 0) is 81.5 Å². The van der Waals surface area contributed by atoms with Crippen molar-refractivity contribution in [2.45, 2.75) is 57.1 Å². The molecule has 2 aromatic carbocycles. The molecule has 3 fully saturated rings. The van der Waals surface area contributed by atoms with E-state index in [0.717, 1.165) is 12.0 Å². The second kappa shape index (κ2) is 12.6. The second-order valence-corrected chi connectivity index (χ2v) is 12.7. The minimum atomic E-state index is -0.581. The van der Waals surface area contributed by atoms with Gasteiger partial charge in [0.1, 0.15) is 11.6 Å². The molecule has 5 rings (SSSR count). The van der Waals surface area contributed by atoms with Crippen LogP contribution in [-0.4, -0.2) is 84.1 Å². The lowest BCUT2D eigenvalue weighted by atomic mass is 9.86. The third kappa shape index (κ3) is 6.89. The fourth-order valence-corrected chi connectivity index (χ4v) is 6.64. The third-order valence-electron chi connectivity index (χ3n) is 8.91. The number of benzene rings is 2. The summed E-state index contributed by atoms with van der Waals surface area (Å²) >= 11 is 6.14. The molecular formula is C32H39ClFN3O5. The second-order valence-electron chi connectivity index (χ2n) is 12.3. The van der Waals surface area contributed by atoms with Crippen LogP contribution in [0.3, 0.4) is 0 Å². The number of nitrogens with zero attached hydrogens (tertiary/aromatic N) is 3. The van der Waals surface area contributed by atoms with Crippen LogP contribution in [0.1, 0.15) is 51.0 Å². The molecule has 3 aliphatic heterocycles. The van der Waals surface area contributed by atoms with Crippen molar-refractivity contribution >= 4 is 29.5 Å². The first-order valence-electron chi connectivity index (χ1n) is 14.7. The number of likely N-dealkylation sites (tertiary alicyclic amines) is 2. The van der Waals surface area contributed by atoms with Gasteiger partial charge in [0, 0.05) is 62.6 Å². The van der Waals surface area contributed by atoms with Crippen LogP contribution >= 0.6 is 11.6 Å². The van der Waals surface area contributed by atoms with Crippen LogP contribution in [0.4, 0.5) is 9.18 Å². The molecule has 0 N–H and O–H groups in total. The summed E-state index contributed by atoms with van der Waals surface area (Å²) < 4.78 is 24.6. The average molecular weight is 600 g/mol. The molecule has 0 radical (unpaired) electrons. The Balaban J connectivity index is 1.24. The molecule has 226 valence electrons. The molecule has 10 heteroatoms. The zero-order valence-corrected chi connectivity index (χ0v) is 25.2. The molecule has 3 atom stereocenters. The van der Waals surface area contributed by atoms with Crippen LogP contribution in [0.15, 0.2) is 48.5 Å². The van der Waals surface area contributed by atoms with Gasteiger partial charge in [-0.25, -0.2) is 9.18 Å². The molecule has 0 aliphatic carbocycles. The van der Waals surface area contributed by atoms with E-state index >= 15 is 0 Å². The van der Waals surface area contributed by atoms with Crippen LogP contribution in [0.25, 0.3) is 0 Å². The molecule has 0 bridgehead atoms. The maximum absolute atomic E-state index is 13.8. The Labute approximate surface area is 251 Å². The Hall–Kier alpha value is -3.17. The van der Waals surface area contributed by atoms with Gasteiger partial charge in [0.25, 0.3) is 0 Å². The van der Waals surface area contributed by atoms with Crippen molar-refractivity contribution < 1.29 is 28.2 Å². The van der Waals surface area contributed by atoms with Crippen LogP contribution < -0.4 is 4.74 Å². The fourth-order valence-electron chi connectivity index (χ4n) is 6.51. The van der Waals surface area contributed by atoms with Gasteiger partial charge in [-0.2, -0.15) is 0 Å². The van der Waals surface area contributed by atoms with Gasteiger partial charge in [0.15, 0.2) is 0 Å². The van der Waals surface area contributed by atoms with Crippen molar-refractivity contribution in [2.24, 2.45) is 11.8 Å². The molecule has 3 saturated heterocycles. The van der Waals surface area contributed by atoms with Gasteiger partial charge < -0.3 is 24.2 Å². The molecule has 3 amide bonds. The number of carbonyl (C=O) groups excluding carboxylic acids is 3. The number of likely N-dealkylation sites (N-methyl/N-ethyl adjacent to an activating group) is 1. The zero-order valence-electron chi connectivity index (χ0n) is 24.4. The predicted molar refractivity (Wildman–Crippen MR) is 157 cm³/mol. The standard InChI is InChI=1S/C32H39ClFN3O5/c1-32(2)18-23(14-17-41-32)30(39)36-15-12-22(13-16-36)29(38)37-19-27(21-4-6-24(33)7-5-21)28(20-37)35(3)31(40)42-26-10-8-25(34)9-11-26/h4-11,22-23,27-28H,12-20H2,1-3H3. The Kier molecular flexibility index (Phi) is 9.08. The summed E-state index contributed by atoms with van der Waals surface area (Å²) in [6, 6.07) is 12.4. The molecule has 2 aromatic rings. The van der Waals surface area contributed by atoms with E-state index in [1.54, 1.807) is 7.05 Å². The Morgan fingerprint density at radius 3 is 2.21 bits per heavy atom. The molecular weight excluding hydrogens is 561 g/mol. The van der Waals surface area contributed by atoms with E-state index in [1.165, 1.54) is 29.2 Å². The quantitative estimate of drug-likeness (QED) is 0.463. The minimum absolute atomic E-state index is 0.0364. The number of hydrogen-bond acceptors (Lipinski definition) is 5. The fraction of sp³-hybridized carbons (Fsp3) is 0.531. The SMILES string of the molecule is CN(C(=O)Oc1ccc(F)cc1)C1CN(C(=O)C2CCN(C(=O)C3CCOC(C)(C)C3)CC2)CC1c1ccc(Cl)cc1. The van der Waals surface area contributed by atoms with E-state index in [4.69, 9.17) is 21.1 Å². The number of rotatable bonds is 5. The number of ether oxygens (including phenoxy) is 2. The smallest absolute Gasteiger partial charge is 0.410 e. The highest BCUT2D eigenvalue weighted by Crippen LogP contribution is 2.35. The van der Waals surface area contributed by atoms with Crippen LogP contribution in [0.2, 0.25) is 5.02 Å². The summed E-state index contributed by atoms with van der Waals surface area (Å²) in [5.74, 6) is -0.312. The highest BCUT2D eigenvalue weighted by molar-refractivity contribution is 6.30. The first kappa shape index (κ1) is 30.3. The minimum Gasteiger partial charge on any atom is -0.410 e. The van der Waals surface area contributed by atoms with Gasteiger partial charge in [0.2, 0.25) is 11.8 Å². The van der Waals surface area contributed by atoms with Crippen LogP contribution in [-0.2, 0) is 14.3 Å². The molecule has 3 aliphatic rings. The highest BCUT2D eigenvalue weighted by Gasteiger charge is 2.43. The largest absolute Gasteiger partial charge is 0.415 e. The molecule has 3 unspecified atom stereocenters. The van der Waals surface area contributed by atoms with Gasteiger partial charge in [-0.3, -0.25) is 9.59 Å². The molecule has 0 spiro atoms. The number of halogens is 2. The van der Waals surface area contributed by atoms with E-state index in [9.17, 15) is 18.8 Å².